The Labute approximate surface area is 206 Å². The van der Waals surface area contributed by atoms with Crippen LogP contribution in [0.3, 0.4) is 0 Å². The first-order chi connectivity index (χ1) is 16.4. The third-order valence-electron chi connectivity index (χ3n) is 5.22. The lowest BCUT2D eigenvalue weighted by Gasteiger charge is -2.22. The van der Waals surface area contributed by atoms with Crippen molar-refractivity contribution in [2.45, 2.75) is 38.8 Å². The second-order valence-electron chi connectivity index (χ2n) is 7.84. The van der Waals surface area contributed by atoms with Gasteiger partial charge in [-0.05, 0) is 60.6 Å². The molecule has 0 aliphatic heterocycles. The van der Waals surface area contributed by atoms with Crippen molar-refractivity contribution in [3.05, 3.63) is 65.9 Å². The SMILES string of the molecule is C=CN(O)SN(O)NC1CCc2c(-c3nnc(-c4ccc(OC(C)C)c(C#N)c4)s3)cccc21. The number of aromatic nitrogens is 2. The van der Waals surface area contributed by atoms with Crippen LogP contribution in [0.4, 0.5) is 0 Å². The zero-order valence-electron chi connectivity index (χ0n) is 18.7. The average molecular weight is 497 g/mol. The van der Waals surface area contributed by atoms with Gasteiger partial charge >= 0.3 is 0 Å². The van der Waals surface area contributed by atoms with Crippen LogP contribution >= 0.6 is 23.5 Å². The van der Waals surface area contributed by atoms with Gasteiger partial charge in [0.2, 0.25) is 0 Å². The molecule has 0 fully saturated rings. The molecule has 0 spiro atoms. The predicted molar refractivity (Wildman–Crippen MR) is 130 cm³/mol. The van der Waals surface area contributed by atoms with Crippen LogP contribution < -0.4 is 10.2 Å². The molecule has 11 heteroatoms. The third kappa shape index (κ3) is 5.23. The van der Waals surface area contributed by atoms with Crippen molar-refractivity contribution in [3.63, 3.8) is 0 Å². The molecule has 34 heavy (non-hydrogen) atoms. The number of hydrogen-bond acceptors (Lipinski definition) is 11. The largest absolute Gasteiger partial charge is 0.490 e. The molecule has 1 aromatic heterocycles. The predicted octanol–water partition coefficient (Wildman–Crippen LogP) is 5.11. The highest BCUT2D eigenvalue weighted by molar-refractivity contribution is 7.94. The van der Waals surface area contributed by atoms with Gasteiger partial charge in [0, 0.05) is 17.3 Å². The smallest absolute Gasteiger partial charge is 0.148 e. The van der Waals surface area contributed by atoms with E-state index in [-0.39, 0.29) is 12.1 Å². The van der Waals surface area contributed by atoms with E-state index in [0.29, 0.717) is 27.9 Å². The van der Waals surface area contributed by atoms with Gasteiger partial charge in [0.25, 0.3) is 0 Å². The van der Waals surface area contributed by atoms with E-state index < -0.39 is 0 Å². The van der Waals surface area contributed by atoms with Crippen molar-refractivity contribution in [2.75, 3.05) is 0 Å². The van der Waals surface area contributed by atoms with Crippen LogP contribution in [0.2, 0.25) is 0 Å². The maximum Gasteiger partial charge on any atom is 0.148 e. The summed E-state index contributed by atoms with van der Waals surface area (Å²) in [5.74, 6) is 0.555. The van der Waals surface area contributed by atoms with E-state index in [0.717, 1.165) is 49.7 Å². The first-order valence-corrected chi connectivity index (χ1v) is 12.1. The number of nitrogens with one attached hydrogen (secondary N) is 1. The van der Waals surface area contributed by atoms with Gasteiger partial charge in [-0.25, -0.2) is 5.43 Å². The lowest BCUT2D eigenvalue weighted by molar-refractivity contribution is -0.0593. The standard InChI is InChI=1S/C23H24N6O3S2/c1-4-28(30)34-29(31)27-20-10-9-17-18(20)6-5-7-19(17)23-26-25-22(33-23)15-8-11-21(32-14(2)3)16(12-15)13-24/h4-8,11-12,14,20,27,30-31H,1,9-10H2,2-3H3. The molecule has 1 aliphatic rings. The molecule has 2 aromatic carbocycles. The lowest BCUT2D eigenvalue weighted by Crippen LogP contribution is -2.34. The molecule has 0 saturated heterocycles. The molecule has 1 atom stereocenters. The number of hydrogen-bond donors (Lipinski definition) is 3. The molecule has 4 rings (SSSR count). The maximum atomic E-state index is 10.0. The van der Waals surface area contributed by atoms with Gasteiger partial charge in [0.05, 0.1) is 17.7 Å². The molecule has 0 bridgehead atoms. The van der Waals surface area contributed by atoms with Crippen LogP contribution in [0.5, 0.6) is 5.75 Å². The Balaban J connectivity index is 1.57. The minimum atomic E-state index is -0.121. The summed E-state index contributed by atoms with van der Waals surface area (Å²) in [7, 11) is 0. The van der Waals surface area contributed by atoms with Crippen molar-refractivity contribution in [2.24, 2.45) is 0 Å². The van der Waals surface area contributed by atoms with Crippen molar-refractivity contribution >= 4 is 23.5 Å². The highest BCUT2D eigenvalue weighted by atomic mass is 32.2. The van der Waals surface area contributed by atoms with E-state index in [2.05, 4.69) is 28.3 Å². The van der Waals surface area contributed by atoms with E-state index in [1.165, 1.54) is 17.5 Å². The number of hydrazine groups is 1. The summed E-state index contributed by atoms with van der Waals surface area (Å²) in [6.07, 6.45) is 2.73. The van der Waals surface area contributed by atoms with Gasteiger partial charge in [0.15, 0.2) is 0 Å². The highest BCUT2D eigenvalue weighted by Crippen LogP contribution is 2.40. The molecule has 176 valence electrons. The Bertz CT molecular complexity index is 1230. The first kappa shape index (κ1) is 24.2. The van der Waals surface area contributed by atoms with E-state index in [9.17, 15) is 15.7 Å². The molecule has 0 radical (unpaired) electrons. The summed E-state index contributed by atoms with van der Waals surface area (Å²) in [5.41, 5.74) is 7.44. The Morgan fingerprint density at radius 3 is 2.82 bits per heavy atom. The molecule has 3 aromatic rings. The first-order valence-electron chi connectivity index (χ1n) is 10.6. The van der Waals surface area contributed by atoms with Crippen LogP contribution in [0.1, 0.15) is 43.0 Å². The third-order valence-corrected chi connectivity index (χ3v) is 6.80. The fraction of sp³-hybridized carbons (Fsp3) is 0.261. The van der Waals surface area contributed by atoms with Crippen LogP contribution in [-0.2, 0) is 6.42 Å². The zero-order chi connectivity index (χ0) is 24.2. The number of nitriles is 1. The van der Waals surface area contributed by atoms with Gasteiger partial charge in [-0.1, -0.05) is 36.1 Å². The molecule has 0 amide bonds. The fourth-order valence-electron chi connectivity index (χ4n) is 3.81. The summed E-state index contributed by atoms with van der Waals surface area (Å²) < 4.78 is 7.17. The topological polar surface area (TPSA) is 118 Å². The Kier molecular flexibility index (Phi) is 7.47. The Hall–Kier alpha value is -2.98. The minimum absolute atomic E-state index is 0.0226. The molecule has 0 saturated carbocycles. The summed E-state index contributed by atoms with van der Waals surface area (Å²) in [4.78, 5) is 0. The van der Waals surface area contributed by atoms with E-state index in [4.69, 9.17) is 4.74 Å². The van der Waals surface area contributed by atoms with E-state index >= 15 is 0 Å². The fourth-order valence-corrected chi connectivity index (χ4v) is 5.11. The maximum absolute atomic E-state index is 10.0. The van der Waals surface area contributed by atoms with E-state index in [1.807, 2.05) is 38.1 Å². The van der Waals surface area contributed by atoms with Crippen LogP contribution in [0, 0.1) is 11.3 Å². The second-order valence-corrected chi connectivity index (χ2v) is 9.70. The highest BCUT2D eigenvalue weighted by Gasteiger charge is 2.28. The molecule has 1 aliphatic carbocycles. The molecule has 1 heterocycles. The van der Waals surface area contributed by atoms with Gasteiger partial charge in [0.1, 0.15) is 34.0 Å². The number of hydroxylamine groups is 1. The van der Waals surface area contributed by atoms with Crippen molar-refractivity contribution in [1.29, 1.82) is 5.26 Å². The summed E-state index contributed by atoms with van der Waals surface area (Å²) in [6, 6.07) is 13.5. The summed E-state index contributed by atoms with van der Waals surface area (Å²) in [5, 5.41) is 39.3. The number of rotatable bonds is 9. The Morgan fingerprint density at radius 2 is 2.09 bits per heavy atom. The van der Waals surface area contributed by atoms with E-state index in [1.54, 1.807) is 12.1 Å². The summed E-state index contributed by atoms with van der Waals surface area (Å²) >= 11 is 2.13. The molecular weight excluding hydrogens is 472 g/mol. The normalized spacial score (nSPS) is 14.8. The quantitative estimate of drug-likeness (QED) is 0.272. The van der Waals surface area contributed by atoms with Gasteiger partial charge in [-0.2, -0.15) is 9.73 Å². The average Bonchev–Trinajstić information content (AvgIpc) is 3.46. The zero-order valence-corrected chi connectivity index (χ0v) is 20.3. The van der Waals surface area contributed by atoms with Crippen molar-refractivity contribution in [1.82, 2.24) is 24.7 Å². The van der Waals surface area contributed by atoms with Crippen LogP contribution in [0.15, 0.2) is 49.2 Å². The molecular formula is C23H24N6O3S2. The number of benzene rings is 2. The monoisotopic (exact) mass is 496 g/mol. The number of ether oxygens (including phenoxy) is 1. The van der Waals surface area contributed by atoms with Crippen LogP contribution in [-0.4, -0.2) is 35.8 Å². The van der Waals surface area contributed by atoms with Gasteiger partial charge in [-0.15, -0.1) is 10.2 Å². The van der Waals surface area contributed by atoms with Gasteiger partial charge in [-0.3, -0.25) is 10.4 Å². The number of nitrogens with zero attached hydrogens (tertiary/aromatic N) is 5. The number of fused-ring (bicyclic) bond motifs is 1. The molecule has 1 unspecified atom stereocenters. The lowest BCUT2D eigenvalue weighted by atomic mass is 10.0. The van der Waals surface area contributed by atoms with Crippen molar-refractivity contribution < 1.29 is 15.2 Å². The molecule has 3 N–H and O–H groups in total. The molecule has 9 nitrogen and oxygen atoms in total. The Morgan fingerprint density at radius 1 is 1.29 bits per heavy atom. The summed E-state index contributed by atoms with van der Waals surface area (Å²) in [6.45, 7) is 7.27. The van der Waals surface area contributed by atoms with Crippen LogP contribution in [0.25, 0.3) is 21.1 Å². The van der Waals surface area contributed by atoms with Crippen molar-refractivity contribution in [3.8, 4) is 33.0 Å². The van der Waals surface area contributed by atoms with Gasteiger partial charge < -0.3 is 4.74 Å². The minimum Gasteiger partial charge on any atom is -0.490 e. The second kappa shape index (κ2) is 10.5.